The zero-order chi connectivity index (χ0) is 15.8. The van der Waals surface area contributed by atoms with Crippen molar-refractivity contribution in [1.29, 1.82) is 0 Å². The Morgan fingerprint density at radius 3 is 2.23 bits per heavy atom. The summed E-state index contributed by atoms with van der Waals surface area (Å²) in [6.45, 7) is 0. The van der Waals surface area contributed by atoms with Crippen molar-refractivity contribution < 1.29 is 16.8 Å². The average molecular weight is 340 g/mol. The van der Waals surface area contributed by atoms with Gasteiger partial charge in [-0.1, -0.05) is 34.6 Å². The van der Waals surface area contributed by atoms with Gasteiger partial charge < -0.3 is 4.74 Å². The van der Waals surface area contributed by atoms with E-state index >= 15 is 0 Å². The van der Waals surface area contributed by atoms with Crippen LogP contribution in [0.4, 0.5) is 0 Å². The van der Waals surface area contributed by atoms with Gasteiger partial charge in [-0.05, 0) is 30.4 Å². The van der Waals surface area contributed by atoms with E-state index in [0.29, 0.717) is 0 Å². The van der Waals surface area contributed by atoms with Crippen LogP contribution >= 0.6 is 10.3 Å². The van der Waals surface area contributed by atoms with Crippen molar-refractivity contribution in [2.75, 3.05) is 24.9 Å². The Morgan fingerprint density at radius 2 is 1.64 bits per heavy atom. The van der Waals surface area contributed by atoms with Gasteiger partial charge in [0.2, 0.25) is 0 Å². The molecule has 1 fully saturated rings. The second-order valence-corrected chi connectivity index (χ2v) is 10.3. The van der Waals surface area contributed by atoms with Gasteiger partial charge in [0.05, 0.1) is 13.4 Å². The van der Waals surface area contributed by atoms with E-state index in [9.17, 15) is 8.42 Å². The quantitative estimate of drug-likeness (QED) is 0.851. The number of fused-ring (bicyclic) bond motifs is 1. The first kappa shape index (κ1) is 15.6. The topological polar surface area (TPSA) is 52.6 Å². The van der Waals surface area contributed by atoms with Crippen LogP contribution in [0, 0.1) is 0 Å². The molecule has 0 spiro atoms. The Morgan fingerprint density at radius 1 is 1.00 bits per heavy atom. The molecular formula is C16H20O4S2. The van der Waals surface area contributed by atoms with Crippen LogP contribution in [0.15, 0.2) is 41.3 Å². The van der Waals surface area contributed by atoms with E-state index in [1.165, 1.54) is 0 Å². The van der Waals surface area contributed by atoms with E-state index in [2.05, 4.69) is 0 Å². The third-order valence-corrected chi connectivity index (χ3v) is 9.00. The number of methoxy groups -OCH3 is 1. The van der Waals surface area contributed by atoms with Crippen molar-refractivity contribution in [2.24, 2.45) is 0 Å². The maximum atomic E-state index is 11.8. The Labute approximate surface area is 133 Å². The molecule has 0 bridgehead atoms. The van der Waals surface area contributed by atoms with Crippen molar-refractivity contribution in [2.45, 2.75) is 17.7 Å². The van der Waals surface area contributed by atoms with Crippen LogP contribution in [0.3, 0.4) is 0 Å². The third-order valence-electron chi connectivity index (χ3n) is 3.92. The third kappa shape index (κ3) is 2.83. The highest BCUT2D eigenvalue weighted by molar-refractivity contribution is 8.33. The second-order valence-electron chi connectivity index (χ2n) is 5.51. The molecular weight excluding hydrogens is 320 g/mol. The summed E-state index contributed by atoms with van der Waals surface area (Å²) in [4.78, 5) is 1.02. The molecule has 0 unspecified atom stereocenters. The highest BCUT2D eigenvalue weighted by Crippen LogP contribution is 2.64. The number of rotatable bonds is 4. The molecule has 6 heteroatoms. The smallest absolute Gasteiger partial charge is 0.273 e. The lowest BCUT2D eigenvalue weighted by Gasteiger charge is -2.35. The molecule has 0 atom stereocenters. The molecule has 1 aliphatic rings. The molecule has 0 amide bonds. The number of hydrogen-bond acceptors (Lipinski definition) is 4. The lowest BCUT2D eigenvalue weighted by atomic mass is 10.1. The van der Waals surface area contributed by atoms with Crippen LogP contribution in [-0.2, 0) is 13.7 Å². The molecule has 2 aromatic rings. The molecule has 0 saturated carbocycles. The summed E-state index contributed by atoms with van der Waals surface area (Å²) in [6, 6.07) is 11.8. The summed E-state index contributed by atoms with van der Waals surface area (Å²) >= 11 is 0. The van der Waals surface area contributed by atoms with Crippen molar-refractivity contribution >= 4 is 31.2 Å². The van der Waals surface area contributed by atoms with Gasteiger partial charge in [0, 0.05) is 21.8 Å². The predicted molar refractivity (Wildman–Crippen MR) is 91.3 cm³/mol. The van der Waals surface area contributed by atoms with E-state index in [1.54, 1.807) is 7.11 Å². The fourth-order valence-electron chi connectivity index (χ4n) is 3.08. The molecule has 2 aromatic carbocycles. The zero-order valence-corrected chi connectivity index (χ0v) is 14.4. The number of benzene rings is 2. The highest BCUT2D eigenvalue weighted by atomic mass is 32.3. The molecule has 1 aliphatic heterocycles. The molecule has 0 radical (unpaired) electrons. The first-order valence-corrected chi connectivity index (χ1v) is 10.9. The number of ether oxygens (including phenoxy) is 1. The summed E-state index contributed by atoms with van der Waals surface area (Å²) in [5.74, 6) is 2.40. The summed E-state index contributed by atoms with van der Waals surface area (Å²) in [7, 11) is -3.64. The van der Waals surface area contributed by atoms with Gasteiger partial charge in [0.25, 0.3) is 10.1 Å². The normalized spacial score (nSPS) is 19.2. The molecule has 120 valence electrons. The van der Waals surface area contributed by atoms with Gasteiger partial charge in [-0.2, -0.15) is 8.42 Å². The first-order chi connectivity index (χ1) is 10.5. The molecule has 0 aliphatic carbocycles. The highest BCUT2D eigenvalue weighted by Gasteiger charge is 2.36. The predicted octanol–water partition coefficient (Wildman–Crippen LogP) is 3.70. The number of hydrogen-bond donors (Lipinski definition) is 0. The maximum Gasteiger partial charge on any atom is 0.273 e. The van der Waals surface area contributed by atoms with Gasteiger partial charge in [0.1, 0.15) is 5.75 Å². The van der Waals surface area contributed by atoms with E-state index in [1.807, 2.05) is 36.4 Å². The van der Waals surface area contributed by atoms with Crippen molar-refractivity contribution in [3.63, 3.8) is 0 Å². The Bertz CT molecular complexity index is 793. The minimum Gasteiger partial charge on any atom is -0.496 e. The van der Waals surface area contributed by atoms with Crippen LogP contribution in [0.5, 0.6) is 5.75 Å². The molecule has 4 nitrogen and oxygen atoms in total. The molecule has 22 heavy (non-hydrogen) atoms. The lowest BCUT2D eigenvalue weighted by Crippen LogP contribution is -2.13. The summed E-state index contributed by atoms with van der Waals surface area (Å²) in [5.41, 5.74) is 0. The second kappa shape index (κ2) is 5.76. The molecule has 3 rings (SSSR count). The van der Waals surface area contributed by atoms with Gasteiger partial charge >= 0.3 is 0 Å². The van der Waals surface area contributed by atoms with Crippen molar-refractivity contribution in [3.05, 3.63) is 36.4 Å². The van der Waals surface area contributed by atoms with E-state index in [4.69, 9.17) is 8.37 Å². The van der Waals surface area contributed by atoms with Crippen molar-refractivity contribution in [3.8, 4) is 5.75 Å². The van der Waals surface area contributed by atoms with Gasteiger partial charge in [-0.15, -0.1) is 0 Å². The minimum atomic E-state index is -3.49. The Balaban J connectivity index is 2.23. The molecule has 0 N–H and O–H groups in total. The fraction of sp³-hybridized carbons (Fsp3) is 0.375. The summed E-state index contributed by atoms with van der Waals surface area (Å²) in [5, 5.41) is 2.03. The molecule has 1 saturated heterocycles. The van der Waals surface area contributed by atoms with E-state index in [-0.39, 0.29) is 0 Å². The fourth-order valence-corrected chi connectivity index (χ4v) is 8.69. The van der Waals surface area contributed by atoms with E-state index in [0.717, 1.165) is 52.0 Å². The Hall–Kier alpha value is -1.24. The van der Waals surface area contributed by atoms with Crippen LogP contribution < -0.4 is 4.74 Å². The van der Waals surface area contributed by atoms with Gasteiger partial charge in [0.15, 0.2) is 0 Å². The monoisotopic (exact) mass is 340 g/mol. The Kier molecular flexibility index (Phi) is 4.09. The van der Waals surface area contributed by atoms with Gasteiger partial charge in [-0.25, -0.2) is 3.63 Å². The van der Waals surface area contributed by atoms with Crippen LogP contribution in [-0.4, -0.2) is 33.3 Å². The van der Waals surface area contributed by atoms with Crippen molar-refractivity contribution in [1.82, 2.24) is 0 Å². The SMILES string of the molecule is COc1ccc(S2(OS(C)(=O)=O)CCCC2)c2ccccc12. The lowest BCUT2D eigenvalue weighted by molar-refractivity contribution is 0.419. The summed E-state index contributed by atoms with van der Waals surface area (Å²) < 4.78 is 34.7. The first-order valence-electron chi connectivity index (χ1n) is 7.21. The van der Waals surface area contributed by atoms with Crippen LogP contribution in [0.25, 0.3) is 10.8 Å². The summed E-state index contributed by atoms with van der Waals surface area (Å²) in [6.07, 6.45) is 3.15. The van der Waals surface area contributed by atoms with Crippen LogP contribution in [0.2, 0.25) is 0 Å². The molecule has 0 aromatic heterocycles. The largest absolute Gasteiger partial charge is 0.496 e. The van der Waals surface area contributed by atoms with Gasteiger partial charge in [-0.3, -0.25) is 0 Å². The average Bonchev–Trinajstić information content (AvgIpc) is 2.93. The van der Waals surface area contributed by atoms with Crippen LogP contribution in [0.1, 0.15) is 12.8 Å². The maximum absolute atomic E-state index is 11.8. The minimum absolute atomic E-state index is 0.797. The van der Waals surface area contributed by atoms with E-state index < -0.39 is 20.4 Å². The molecule has 1 heterocycles. The standard InChI is InChI=1S/C16H20O4S2/c1-19-15-9-10-16(14-8-4-3-7-13(14)15)22(11-5-6-12-22)20-21(2,17)18/h3-4,7-10H,5-6,11-12H2,1-2H3. The zero-order valence-electron chi connectivity index (χ0n) is 12.7.